The highest BCUT2D eigenvalue weighted by atomic mass is 16.6. The molecule has 0 fully saturated rings. The number of carbonyl (C=O) groups is 1. The van der Waals surface area contributed by atoms with Gasteiger partial charge in [-0.2, -0.15) is 9.97 Å². The summed E-state index contributed by atoms with van der Waals surface area (Å²) in [5.41, 5.74) is 8.57. The summed E-state index contributed by atoms with van der Waals surface area (Å²) < 4.78 is 25.4. The number of fused-ring (bicyclic) bond motifs is 1. The third-order valence-electron chi connectivity index (χ3n) is 6.74. The van der Waals surface area contributed by atoms with E-state index in [-0.39, 0.29) is 35.9 Å². The maximum Gasteiger partial charge on any atom is 0.327 e. The summed E-state index contributed by atoms with van der Waals surface area (Å²) in [6.07, 6.45) is 0.720. The van der Waals surface area contributed by atoms with Gasteiger partial charge in [0.15, 0.2) is 22.7 Å². The number of nitrogens with one attached hydrogen (secondary N) is 1. The number of hydrogen-bond donors (Lipinski definition) is 2. The molecule has 232 valence electrons. The smallest absolute Gasteiger partial charge is 0.327 e. The van der Waals surface area contributed by atoms with E-state index >= 15 is 0 Å². The van der Waals surface area contributed by atoms with Crippen molar-refractivity contribution in [2.45, 2.75) is 52.7 Å². The van der Waals surface area contributed by atoms with Gasteiger partial charge in [0.1, 0.15) is 23.0 Å². The van der Waals surface area contributed by atoms with Gasteiger partial charge in [0, 0.05) is 12.0 Å². The molecule has 0 atom stereocenters. The number of benzene rings is 3. The van der Waals surface area contributed by atoms with E-state index in [2.05, 4.69) is 4.98 Å². The molecule has 45 heavy (non-hydrogen) atoms. The zero-order valence-corrected chi connectivity index (χ0v) is 26.0. The summed E-state index contributed by atoms with van der Waals surface area (Å²) in [7, 11) is 1.52. The molecule has 0 aliphatic heterocycles. The number of hydrogen-bond acceptors (Lipinski definition) is 9. The van der Waals surface area contributed by atoms with Gasteiger partial charge in [0.2, 0.25) is 0 Å². The van der Waals surface area contributed by atoms with Crippen LogP contribution < -0.4 is 19.9 Å². The molecule has 0 aliphatic carbocycles. The Morgan fingerprint density at radius 3 is 2.38 bits per heavy atom. The third-order valence-corrected chi connectivity index (χ3v) is 6.74. The molecule has 11 nitrogen and oxygen atoms in total. The van der Waals surface area contributed by atoms with E-state index in [1.807, 2.05) is 80.8 Å². The molecule has 0 unspecified atom stereocenters. The Labute approximate surface area is 261 Å². The normalized spacial score (nSPS) is 11.3. The SMILES string of the molecule is COc1ccc(C(=N)N)cc1Oc1nc(Oc2cccc(CCC(=O)OC(C)(C)C)c2)c2nc(C)n(Cc3ccccc3)c2n1. The Kier molecular flexibility index (Phi) is 8.98. The van der Waals surface area contributed by atoms with E-state index in [0.717, 1.165) is 11.1 Å². The molecule has 0 bridgehead atoms. The van der Waals surface area contributed by atoms with Gasteiger partial charge in [0.05, 0.1) is 13.7 Å². The fourth-order valence-corrected chi connectivity index (χ4v) is 4.67. The number of nitrogen functional groups attached to an aromatic ring is 1. The third kappa shape index (κ3) is 7.74. The summed E-state index contributed by atoms with van der Waals surface area (Å²) in [4.78, 5) is 26.4. The average molecular weight is 609 g/mol. The van der Waals surface area contributed by atoms with E-state index in [4.69, 9.17) is 40.1 Å². The van der Waals surface area contributed by atoms with E-state index in [9.17, 15) is 4.79 Å². The highest BCUT2D eigenvalue weighted by molar-refractivity contribution is 5.95. The maximum absolute atomic E-state index is 12.3. The van der Waals surface area contributed by atoms with Crippen molar-refractivity contribution < 1.29 is 23.7 Å². The van der Waals surface area contributed by atoms with Crippen LogP contribution in [-0.2, 0) is 22.5 Å². The molecule has 2 heterocycles. The lowest BCUT2D eigenvalue weighted by atomic mass is 10.1. The number of nitrogens with zero attached hydrogens (tertiary/aromatic N) is 4. The van der Waals surface area contributed by atoms with Crippen molar-refractivity contribution >= 4 is 23.0 Å². The fourth-order valence-electron chi connectivity index (χ4n) is 4.67. The van der Waals surface area contributed by atoms with Crippen molar-refractivity contribution in [3.05, 3.63) is 95.3 Å². The van der Waals surface area contributed by atoms with Crippen molar-refractivity contribution in [2.75, 3.05) is 7.11 Å². The molecule has 0 saturated heterocycles. The minimum Gasteiger partial charge on any atom is -0.493 e. The molecular formula is C34H36N6O5. The standard InChI is InChI=1S/C34H36N6O5/c1-21-37-29-31(40(21)20-23-10-7-6-8-11-23)38-33(44-27-19-24(30(35)36)15-16-26(27)42-5)39-32(29)43-25-13-9-12-22(18-25)14-17-28(41)45-34(2,3)4/h6-13,15-16,18-19H,14,17,20H2,1-5H3,(H3,35,36). The largest absolute Gasteiger partial charge is 0.493 e. The zero-order chi connectivity index (χ0) is 32.1. The van der Waals surface area contributed by atoms with Crippen LogP contribution in [0.25, 0.3) is 11.2 Å². The summed E-state index contributed by atoms with van der Waals surface area (Å²) in [6.45, 7) is 7.95. The Bertz CT molecular complexity index is 1850. The Morgan fingerprint density at radius 1 is 0.911 bits per heavy atom. The Balaban J connectivity index is 1.52. The summed E-state index contributed by atoms with van der Waals surface area (Å²) in [5, 5.41) is 7.85. The lowest BCUT2D eigenvalue weighted by Gasteiger charge is -2.19. The second-order valence-corrected chi connectivity index (χ2v) is 11.4. The highest BCUT2D eigenvalue weighted by Crippen LogP contribution is 2.35. The first-order chi connectivity index (χ1) is 21.5. The van der Waals surface area contributed by atoms with Crippen LogP contribution in [0, 0.1) is 12.3 Å². The van der Waals surface area contributed by atoms with Gasteiger partial charge < -0.3 is 29.2 Å². The number of aryl methyl sites for hydroxylation is 2. The zero-order valence-electron chi connectivity index (χ0n) is 26.0. The van der Waals surface area contributed by atoms with Gasteiger partial charge in [-0.15, -0.1) is 0 Å². The van der Waals surface area contributed by atoms with Crippen LogP contribution in [0.4, 0.5) is 0 Å². The van der Waals surface area contributed by atoms with Gasteiger partial charge >= 0.3 is 12.0 Å². The molecule has 2 aromatic heterocycles. The number of imidazole rings is 1. The fraction of sp³-hybridized carbons (Fsp3) is 0.265. The van der Waals surface area contributed by atoms with Crippen molar-refractivity contribution in [2.24, 2.45) is 5.73 Å². The Morgan fingerprint density at radius 2 is 1.67 bits per heavy atom. The number of nitrogens with two attached hydrogens (primary N) is 1. The summed E-state index contributed by atoms with van der Waals surface area (Å²) >= 11 is 0. The van der Waals surface area contributed by atoms with Gasteiger partial charge in [-0.05, 0) is 75.6 Å². The lowest BCUT2D eigenvalue weighted by molar-refractivity contribution is -0.154. The molecule has 0 radical (unpaired) electrons. The van der Waals surface area contributed by atoms with Crippen LogP contribution in [0.3, 0.4) is 0 Å². The highest BCUT2D eigenvalue weighted by Gasteiger charge is 2.21. The van der Waals surface area contributed by atoms with Gasteiger partial charge in [-0.1, -0.05) is 42.5 Å². The van der Waals surface area contributed by atoms with Gasteiger partial charge in [0.25, 0.3) is 5.88 Å². The predicted octanol–water partition coefficient (Wildman–Crippen LogP) is 6.33. The number of aromatic nitrogens is 4. The lowest BCUT2D eigenvalue weighted by Crippen LogP contribution is -2.24. The first-order valence-electron chi connectivity index (χ1n) is 14.5. The van der Waals surface area contributed by atoms with E-state index in [1.54, 1.807) is 24.3 Å². The monoisotopic (exact) mass is 608 g/mol. The van der Waals surface area contributed by atoms with Gasteiger partial charge in [-0.3, -0.25) is 10.2 Å². The van der Waals surface area contributed by atoms with Crippen LogP contribution in [0.2, 0.25) is 0 Å². The number of amidine groups is 1. The molecule has 0 aliphatic rings. The maximum atomic E-state index is 12.3. The number of ether oxygens (including phenoxy) is 4. The second kappa shape index (κ2) is 13.0. The molecule has 0 spiro atoms. The van der Waals surface area contributed by atoms with Crippen molar-refractivity contribution in [1.29, 1.82) is 5.41 Å². The molecule has 11 heteroatoms. The molecule has 5 rings (SSSR count). The van der Waals surface area contributed by atoms with E-state index in [1.165, 1.54) is 7.11 Å². The molecule has 0 amide bonds. The Hall–Kier alpha value is -5.45. The minimum absolute atomic E-state index is 0.00760. The van der Waals surface area contributed by atoms with Crippen LogP contribution in [-0.4, -0.2) is 44.0 Å². The second-order valence-electron chi connectivity index (χ2n) is 11.4. The van der Waals surface area contributed by atoms with Gasteiger partial charge in [-0.25, -0.2) is 4.98 Å². The van der Waals surface area contributed by atoms with Crippen LogP contribution in [0.5, 0.6) is 29.1 Å². The summed E-state index contributed by atoms with van der Waals surface area (Å²) in [5.74, 6) is 1.73. The molecule has 0 saturated carbocycles. The van der Waals surface area contributed by atoms with E-state index in [0.29, 0.717) is 47.0 Å². The first-order valence-corrected chi connectivity index (χ1v) is 14.5. The van der Waals surface area contributed by atoms with Crippen LogP contribution in [0.15, 0.2) is 72.8 Å². The topological polar surface area (TPSA) is 147 Å². The molecule has 5 aromatic rings. The molecule has 3 aromatic carbocycles. The number of carbonyl (C=O) groups excluding carboxylic acids is 1. The van der Waals surface area contributed by atoms with Crippen molar-refractivity contribution in [1.82, 2.24) is 19.5 Å². The van der Waals surface area contributed by atoms with Crippen molar-refractivity contribution in [3.8, 4) is 29.1 Å². The summed E-state index contributed by atoms with van der Waals surface area (Å²) in [6, 6.07) is 22.3. The average Bonchev–Trinajstić information content (AvgIpc) is 3.30. The van der Waals surface area contributed by atoms with Crippen molar-refractivity contribution in [3.63, 3.8) is 0 Å². The minimum atomic E-state index is -0.542. The molecule has 3 N–H and O–H groups in total. The van der Waals surface area contributed by atoms with Crippen LogP contribution in [0.1, 0.15) is 49.7 Å². The number of rotatable bonds is 11. The van der Waals surface area contributed by atoms with Crippen LogP contribution >= 0.6 is 0 Å². The number of esters is 1. The van der Waals surface area contributed by atoms with E-state index < -0.39 is 5.60 Å². The quantitative estimate of drug-likeness (QED) is 0.0996. The molecular weight excluding hydrogens is 572 g/mol. The predicted molar refractivity (Wildman–Crippen MR) is 170 cm³/mol. The first kappa shape index (κ1) is 31.0. The number of methoxy groups -OCH3 is 1.